The Kier molecular flexibility index (Phi) is 3.68. The van der Waals surface area contributed by atoms with Crippen molar-refractivity contribution in [2.24, 2.45) is 11.7 Å². The van der Waals surface area contributed by atoms with Crippen LogP contribution in [0, 0.1) is 5.92 Å². The van der Waals surface area contributed by atoms with Crippen LogP contribution in [-0.4, -0.2) is 17.1 Å². The molecule has 0 aliphatic rings. The molecule has 0 spiro atoms. The first-order chi connectivity index (χ1) is 7.00. The van der Waals surface area contributed by atoms with Gasteiger partial charge in [0.15, 0.2) is 0 Å². The molecule has 4 nitrogen and oxygen atoms in total. The highest BCUT2D eigenvalue weighted by Crippen LogP contribution is 2.15. The van der Waals surface area contributed by atoms with Crippen molar-refractivity contribution in [3.05, 3.63) is 24.3 Å². The molecule has 0 bridgehead atoms. The summed E-state index contributed by atoms with van der Waals surface area (Å²) in [5.41, 5.74) is 6.22. The molecule has 1 aromatic carbocycles. The van der Waals surface area contributed by atoms with Crippen molar-refractivity contribution in [1.29, 1.82) is 0 Å². The quantitative estimate of drug-likeness (QED) is 0.701. The number of amides is 1. The number of anilines is 1. The molecule has 0 saturated heterocycles. The molecule has 15 heavy (non-hydrogen) atoms. The number of phenols is 1. The van der Waals surface area contributed by atoms with Crippen LogP contribution in [0.1, 0.15) is 13.8 Å². The van der Waals surface area contributed by atoms with Crippen LogP contribution < -0.4 is 11.1 Å². The number of hydrogen-bond donors (Lipinski definition) is 3. The highest BCUT2D eigenvalue weighted by molar-refractivity contribution is 5.94. The second-order valence-electron chi connectivity index (χ2n) is 3.81. The van der Waals surface area contributed by atoms with Crippen molar-refractivity contribution in [3.8, 4) is 5.75 Å². The van der Waals surface area contributed by atoms with E-state index in [-0.39, 0.29) is 17.6 Å². The lowest BCUT2D eigenvalue weighted by Crippen LogP contribution is -2.39. The predicted octanol–water partition coefficient (Wildman–Crippen LogP) is 1.31. The Morgan fingerprint density at radius 1 is 1.47 bits per heavy atom. The van der Waals surface area contributed by atoms with E-state index in [1.54, 1.807) is 12.1 Å². The van der Waals surface area contributed by atoms with Crippen LogP contribution in [0.2, 0.25) is 0 Å². The zero-order valence-electron chi connectivity index (χ0n) is 8.90. The van der Waals surface area contributed by atoms with Crippen LogP contribution in [0.25, 0.3) is 0 Å². The largest absolute Gasteiger partial charge is 0.508 e. The maximum atomic E-state index is 11.5. The maximum absolute atomic E-state index is 11.5. The van der Waals surface area contributed by atoms with Crippen LogP contribution in [-0.2, 0) is 4.79 Å². The molecule has 0 heterocycles. The number of nitrogens with two attached hydrogens (primary N) is 1. The van der Waals surface area contributed by atoms with E-state index in [0.717, 1.165) is 0 Å². The maximum Gasteiger partial charge on any atom is 0.241 e. The molecule has 0 saturated carbocycles. The molecule has 1 atom stereocenters. The molecule has 82 valence electrons. The van der Waals surface area contributed by atoms with Gasteiger partial charge in [-0.15, -0.1) is 0 Å². The lowest BCUT2D eigenvalue weighted by atomic mass is 10.0. The fourth-order valence-electron chi connectivity index (χ4n) is 1.11. The van der Waals surface area contributed by atoms with Crippen molar-refractivity contribution < 1.29 is 9.90 Å². The van der Waals surface area contributed by atoms with E-state index in [1.165, 1.54) is 12.1 Å². The summed E-state index contributed by atoms with van der Waals surface area (Å²) in [6, 6.07) is 5.84. The molecule has 0 fully saturated rings. The van der Waals surface area contributed by atoms with Gasteiger partial charge in [0.2, 0.25) is 5.91 Å². The normalized spacial score (nSPS) is 12.5. The van der Waals surface area contributed by atoms with Crippen molar-refractivity contribution in [2.45, 2.75) is 19.9 Å². The van der Waals surface area contributed by atoms with E-state index >= 15 is 0 Å². The Bertz CT molecular complexity index is 350. The third-order valence-corrected chi connectivity index (χ3v) is 2.13. The van der Waals surface area contributed by atoms with E-state index < -0.39 is 6.04 Å². The third kappa shape index (κ3) is 3.25. The van der Waals surface area contributed by atoms with Crippen molar-refractivity contribution >= 4 is 11.6 Å². The standard InChI is InChI=1S/C11H16N2O2/c1-7(2)10(12)11(15)13-8-4-3-5-9(14)6-8/h3-7,10,14H,12H2,1-2H3,(H,13,15)/t10-/m1/s1. The molecule has 0 aliphatic carbocycles. The van der Waals surface area contributed by atoms with Crippen molar-refractivity contribution in [1.82, 2.24) is 0 Å². The van der Waals surface area contributed by atoms with Gasteiger partial charge in [-0.3, -0.25) is 4.79 Å². The average molecular weight is 208 g/mol. The summed E-state index contributed by atoms with van der Waals surface area (Å²) in [5.74, 6) is -0.0381. The zero-order valence-corrected chi connectivity index (χ0v) is 8.90. The first kappa shape index (κ1) is 11.5. The van der Waals surface area contributed by atoms with Gasteiger partial charge in [-0.05, 0) is 18.1 Å². The molecular formula is C11H16N2O2. The van der Waals surface area contributed by atoms with Gasteiger partial charge in [0, 0.05) is 11.8 Å². The lowest BCUT2D eigenvalue weighted by Gasteiger charge is -2.15. The summed E-state index contributed by atoms with van der Waals surface area (Å²) in [7, 11) is 0. The van der Waals surface area contributed by atoms with Crippen LogP contribution in [0.5, 0.6) is 5.75 Å². The molecule has 1 aromatic rings. The molecule has 1 rings (SSSR count). The van der Waals surface area contributed by atoms with Gasteiger partial charge in [0.1, 0.15) is 5.75 Å². The Morgan fingerprint density at radius 2 is 2.13 bits per heavy atom. The number of hydrogen-bond acceptors (Lipinski definition) is 3. The highest BCUT2D eigenvalue weighted by atomic mass is 16.3. The first-order valence-corrected chi connectivity index (χ1v) is 4.86. The second kappa shape index (κ2) is 4.79. The van der Waals surface area contributed by atoms with Gasteiger partial charge < -0.3 is 16.2 Å². The minimum Gasteiger partial charge on any atom is -0.508 e. The summed E-state index contributed by atoms with van der Waals surface area (Å²) in [6.45, 7) is 3.76. The molecule has 0 unspecified atom stereocenters. The van der Waals surface area contributed by atoms with Crippen molar-refractivity contribution in [3.63, 3.8) is 0 Å². The van der Waals surface area contributed by atoms with E-state index in [1.807, 2.05) is 13.8 Å². The molecular weight excluding hydrogens is 192 g/mol. The molecule has 0 aliphatic heterocycles. The topological polar surface area (TPSA) is 75.4 Å². The Balaban J connectivity index is 2.66. The predicted molar refractivity (Wildman–Crippen MR) is 59.5 cm³/mol. The molecule has 1 amide bonds. The molecule has 4 N–H and O–H groups in total. The molecule has 0 aromatic heterocycles. The first-order valence-electron chi connectivity index (χ1n) is 4.86. The smallest absolute Gasteiger partial charge is 0.241 e. The number of carbonyl (C=O) groups excluding carboxylic acids is 1. The van der Waals surface area contributed by atoms with Gasteiger partial charge in [-0.2, -0.15) is 0 Å². The van der Waals surface area contributed by atoms with Gasteiger partial charge in [0.25, 0.3) is 0 Å². The Labute approximate surface area is 89.1 Å². The summed E-state index contributed by atoms with van der Waals surface area (Å²) >= 11 is 0. The third-order valence-electron chi connectivity index (χ3n) is 2.13. The number of nitrogens with one attached hydrogen (secondary N) is 1. The number of benzene rings is 1. The van der Waals surface area contributed by atoms with Crippen molar-refractivity contribution in [2.75, 3.05) is 5.32 Å². The number of carbonyl (C=O) groups is 1. The molecule has 4 heteroatoms. The van der Waals surface area contributed by atoms with Gasteiger partial charge in [-0.25, -0.2) is 0 Å². The second-order valence-corrected chi connectivity index (χ2v) is 3.81. The SMILES string of the molecule is CC(C)[C@@H](N)C(=O)Nc1cccc(O)c1. The van der Waals surface area contributed by atoms with E-state index in [4.69, 9.17) is 5.73 Å². The minimum absolute atomic E-state index is 0.0855. The summed E-state index contributed by atoms with van der Waals surface area (Å²) in [5, 5.41) is 11.8. The molecule has 0 radical (unpaired) electrons. The number of phenolic OH excluding ortho intramolecular Hbond substituents is 1. The summed E-state index contributed by atoms with van der Waals surface area (Å²) < 4.78 is 0. The summed E-state index contributed by atoms with van der Waals surface area (Å²) in [4.78, 5) is 11.5. The Hall–Kier alpha value is -1.55. The van der Waals surface area contributed by atoms with Gasteiger partial charge in [-0.1, -0.05) is 19.9 Å². The number of rotatable bonds is 3. The van der Waals surface area contributed by atoms with E-state index in [2.05, 4.69) is 5.32 Å². The van der Waals surface area contributed by atoms with E-state index in [0.29, 0.717) is 5.69 Å². The minimum atomic E-state index is -0.535. The summed E-state index contributed by atoms with van der Waals surface area (Å²) in [6.07, 6.45) is 0. The van der Waals surface area contributed by atoms with E-state index in [9.17, 15) is 9.90 Å². The van der Waals surface area contributed by atoms with Crippen LogP contribution >= 0.6 is 0 Å². The zero-order chi connectivity index (χ0) is 11.4. The monoisotopic (exact) mass is 208 g/mol. The van der Waals surface area contributed by atoms with Gasteiger partial charge >= 0.3 is 0 Å². The van der Waals surface area contributed by atoms with Crippen LogP contribution in [0.4, 0.5) is 5.69 Å². The fraction of sp³-hybridized carbons (Fsp3) is 0.364. The fourth-order valence-corrected chi connectivity index (χ4v) is 1.11. The van der Waals surface area contributed by atoms with Crippen LogP contribution in [0.15, 0.2) is 24.3 Å². The Morgan fingerprint density at radius 3 is 2.67 bits per heavy atom. The number of aromatic hydroxyl groups is 1. The van der Waals surface area contributed by atoms with Crippen LogP contribution in [0.3, 0.4) is 0 Å². The average Bonchev–Trinajstić information content (AvgIpc) is 2.16. The highest BCUT2D eigenvalue weighted by Gasteiger charge is 2.16. The lowest BCUT2D eigenvalue weighted by molar-refractivity contribution is -0.118. The van der Waals surface area contributed by atoms with Gasteiger partial charge in [0.05, 0.1) is 6.04 Å².